The number of benzene rings is 2. The first-order valence-corrected chi connectivity index (χ1v) is 12.9. The summed E-state index contributed by atoms with van der Waals surface area (Å²) >= 11 is 0. The second kappa shape index (κ2) is 11.8. The first-order valence-electron chi connectivity index (χ1n) is 12.9. The molecule has 0 unspecified atom stereocenters. The molecule has 9 nitrogen and oxygen atoms in total. The molecule has 0 aliphatic carbocycles. The number of fused-ring (bicyclic) bond motifs is 1. The van der Waals surface area contributed by atoms with E-state index < -0.39 is 11.7 Å². The van der Waals surface area contributed by atoms with E-state index in [1.807, 2.05) is 54.9 Å². The van der Waals surface area contributed by atoms with Gasteiger partial charge in [-0.05, 0) is 79.3 Å². The fraction of sp³-hybridized carbons (Fsp3) is 0.161. The van der Waals surface area contributed by atoms with E-state index in [9.17, 15) is 9.18 Å². The molecule has 3 N–H and O–H groups in total. The number of nitrogens with zero attached hydrogens (tertiary/aromatic N) is 5. The number of hydrazone groups is 1. The van der Waals surface area contributed by atoms with E-state index in [1.54, 1.807) is 30.5 Å². The van der Waals surface area contributed by atoms with Crippen molar-refractivity contribution in [3.8, 4) is 11.8 Å². The van der Waals surface area contributed by atoms with Gasteiger partial charge in [-0.25, -0.2) is 9.37 Å². The van der Waals surface area contributed by atoms with E-state index in [1.165, 1.54) is 12.1 Å². The lowest BCUT2D eigenvalue weighted by molar-refractivity contribution is 0.102. The number of pyridine rings is 1. The van der Waals surface area contributed by atoms with Crippen molar-refractivity contribution in [2.75, 3.05) is 24.2 Å². The molecule has 0 radical (unpaired) electrons. The maximum absolute atomic E-state index is 15.0. The van der Waals surface area contributed by atoms with Gasteiger partial charge in [0.25, 0.3) is 5.91 Å². The van der Waals surface area contributed by atoms with Gasteiger partial charge in [0.2, 0.25) is 0 Å². The zero-order chi connectivity index (χ0) is 28.9. The van der Waals surface area contributed by atoms with Crippen LogP contribution in [-0.2, 0) is 6.42 Å². The number of carbonyl (C=O) groups excluding carboxylic acids is 1. The highest BCUT2D eigenvalue weighted by Crippen LogP contribution is 2.22. The molecule has 0 fully saturated rings. The van der Waals surface area contributed by atoms with Gasteiger partial charge in [-0.15, -0.1) is 0 Å². The van der Waals surface area contributed by atoms with E-state index in [0.717, 1.165) is 28.9 Å². The number of H-pyrrole nitrogens is 1. The predicted molar refractivity (Wildman–Crippen MR) is 159 cm³/mol. The number of aromatic nitrogens is 4. The van der Waals surface area contributed by atoms with Crippen molar-refractivity contribution < 1.29 is 9.18 Å². The number of hydrogen-bond donors (Lipinski definition) is 3. The maximum Gasteiger partial charge on any atom is 0.258 e. The summed E-state index contributed by atoms with van der Waals surface area (Å²) < 4.78 is 16.8. The molecular formula is C31H29FN8O. The summed E-state index contributed by atoms with van der Waals surface area (Å²) in [5, 5.41) is 18.4. The summed E-state index contributed by atoms with van der Waals surface area (Å²) in [6, 6.07) is 12.4. The Hall–Kier alpha value is -5.43. The maximum atomic E-state index is 15.0. The Kier molecular flexibility index (Phi) is 7.78. The monoisotopic (exact) mass is 548 g/mol. The molecule has 2 aromatic carbocycles. The number of anilines is 3. The van der Waals surface area contributed by atoms with Crippen molar-refractivity contribution >= 4 is 35.3 Å². The smallest absolute Gasteiger partial charge is 0.258 e. The Morgan fingerprint density at radius 3 is 2.80 bits per heavy atom. The normalized spacial score (nSPS) is 10.6. The highest BCUT2D eigenvalue weighted by Gasteiger charge is 2.15. The third kappa shape index (κ3) is 6.25. The zero-order valence-electron chi connectivity index (χ0n) is 23.0. The summed E-state index contributed by atoms with van der Waals surface area (Å²) in [6.45, 7) is 7.92. The van der Waals surface area contributed by atoms with Gasteiger partial charge < -0.3 is 15.6 Å². The number of rotatable bonds is 8. The Morgan fingerprint density at radius 2 is 2.02 bits per heavy atom. The number of imidazole rings is 1. The molecule has 5 aromatic rings. The van der Waals surface area contributed by atoms with Crippen LogP contribution in [0.15, 0.2) is 72.4 Å². The lowest BCUT2D eigenvalue weighted by atomic mass is 10.0. The molecular weight excluding hydrogens is 519 g/mol. The van der Waals surface area contributed by atoms with Gasteiger partial charge >= 0.3 is 0 Å². The van der Waals surface area contributed by atoms with Crippen LogP contribution in [0.5, 0.6) is 0 Å². The van der Waals surface area contributed by atoms with E-state index in [0.29, 0.717) is 34.7 Å². The lowest BCUT2D eigenvalue weighted by Crippen LogP contribution is -2.16. The zero-order valence-corrected chi connectivity index (χ0v) is 23.0. The molecule has 206 valence electrons. The summed E-state index contributed by atoms with van der Waals surface area (Å²) in [6.07, 6.45) is 7.69. The molecule has 41 heavy (non-hydrogen) atoms. The van der Waals surface area contributed by atoms with Gasteiger partial charge in [-0.1, -0.05) is 12.0 Å². The van der Waals surface area contributed by atoms with Crippen LogP contribution < -0.4 is 10.6 Å². The van der Waals surface area contributed by atoms with Crippen LogP contribution in [0.4, 0.5) is 21.5 Å². The highest BCUT2D eigenvalue weighted by atomic mass is 19.1. The molecule has 1 amide bonds. The Bertz CT molecular complexity index is 1800. The van der Waals surface area contributed by atoms with Gasteiger partial charge in [-0.2, -0.15) is 10.2 Å². The SMILES string of the molecule is C=NN(C)CCc1cc(C)cc(NC(=O)c2cc(C#Cc3cnc4c(Nc5cn[nH]c5)cccn34)c(C)cc2F)c1. The first kappa shape index (κ1) is 27.1. The largest absolute Gasteiger partial charge is 0.350 e. The first-order chi connectivity index (χ1) is 19.8. The fourth-order valence-electron chi connectivity index (χ4n) is 4.43. The van der Waals surface area contributed by atoms with Crippen LogP contribution in [-0.4, -0.2) is 50.8 Å². The number of aryl methyl sites for hydroxylation is 2. The number of carbonyl (C=O) groups is 1. The van der Waals surface area contributed by atoms with Crippen LogP contribution in [0.25, 0.3) is 5.65 Å². The lowest BCUT2D eigenvalue weighted by Gasteiger charge is -2.14. The summed E-state index contributed by atoms with van der Waals surface area (Å²) in [5.74, 6) is 5.07. The number of aromatic amines is 1. The minimum Gasteiger partial charge on any atom is -0.350 e. The van der Waals surface area contributed by atoms with Gasteiger partial charge in [0.05, 0.1) is 29.3 Å². The van der Waals surface area contributed by atoms with Gasteiger partial charge in [0.15, 0.2) is 5.65 Å². The van der Waals surface area contributed by atoms with Crippen molar-refractivity contribution in [1.29, 1.82) is 0 Å². The van der Waals surface area contributed by atoms with E-state index in [4.69, 9.17) is 0 Å². The van der Waals surface area contributed by atoms with Crippen molar-refractivity contribution in [2.45, 2.75) is 20.3 Å². The number of likely N-dealkylation sites (N-methyl/N-ethyl adjacent to an activating group) is 1. The number of hydrogen-bond acceptors (Lipinski definition) is 6. The molecule has 3 heterocycles. The molecule has 3 aromatic heterocycles. The topological polar surface area (TPSA) is 103 Å². The second-order valence-corrected chi connectivity index (χ2v) is 9.70. The predicted octanol–water partition coefficient (Wildman–Crippen LogP) is 5.30. The van der Waals surface area contributed by atoms with Crippen LogP contribution in [0.1, 0.15) is 38.3 Å². The summed E-state index contributed by atoms with van der Waals surface area (Å²) in [7, 11) is 1.85. The van der Waals surface area contributed by atoms with E-state index in [-0.39, 0.29) is 5.56 Å². The molecule has 0 spiro atoms. The molecule has 5 rings (SSSR count). The Morgan fingerprint density at radius 1 is 1.17 bits per heavy atom. The molecule has 0 saturated carbocycles. The second-order valence-electron chi connectivity index (χ2n) is 9.70. The van der Waals surface area contributed by atoms with Gasteiger partial charge in [0.1, 0.15) is 11.5 Å². The van der Waals surface area contributed by atoms with Gasteiger partial charge in [-0.3, -0.25) is 14.3 Å². The quantitative estimate of drug-likeness (QED) is 0.139. The minimum absolute atomic E-state index is 0.0803. The molecule has 0 aliphatic rings. The number of nitrogens with one attached hydrogen (secondary N) is 3. The van der Waals surface area contributed by atoms with Crippen molar-refractivity contribution in [2.24, 2.45) is 5.10 Å². The van der Waals surface area contributed by atoms with Crippen molar-refractivity contribution in [3.63, 3.8) is 0 Å². The third-order valence-electron chi connectivity index (χ3n) is 6.56. The number of amides is 1. The van der Waals surface area contributed by atoms with Crippen LogP contribution >= 0.6 is 0 Å². The fourth-order valence-corrected chi connectivity index (χ4v) is 4.43. The summed E-state index contributed by atoms with van der Waals surface area (Å²) in [4.78, 5) is 17.7. The average molecular weight is 549 g/mol. The third-order valence-corrected chi connectivity index (χ3v) is 6.56. The Labute approximate surface area is 237 Å². The molecule has 0 aliphatic heterocycles. The van der Waals surface area contributed by atoms with Crippen molar-refractivity contribution in [3.05, 3.63) is 107 Å². The molecule has 0 atom stereocenters. The number of halogens is 1. The average Bonchev–Trinajstić information content (AvgIpc) is 3.61. The van der Waals surface area contributed by atoms with Crippen LogP contribution in [0.3, 0.4) is 0 Å². The van der Waals surface area contributed by atoms with E-state index >= 15 is 0 Å². The molecule has 0 bridgehead atoms. The van der Waals surface area contributed by atoms with E-state index in [2.05, 4.69) is 49.5 Å². The molecule has 10 heteroatoms. The van der Waals surface area contributed by atoms with Crippen molar-refractivity contribution in [1.82, 2.24) is 24.6 Å². The Balaban J connectivity index is 1.38. The van der Waals surface area contributed by atoms with Crippen LogP contribution in [0, 0.1) is 31.5 Å². The van der Waals surface area contributed by atoms with Gasteiger partial charge in [0, 0.05) is 44.0 Å². The van der Waals surface area contributed by atoms with Crippen LogP contribution in [0.2, 0.25) is 0 Å². The standard InChI is InChI=1S/C31H29FN8O/c1-20-12-22(9-11-39(4)33-3)15-24(13-20)38-31(41)27-16-23(21(2)14-28(27)32)7-8-26-19-34-30-29(6-5-10-40(26)30)37-25-17-35-36-18-25/h5-6,10,12-19,37H,3,9,11H2,1-2,4H3,(H,35,36)(H,38,41). The summed E-state index contributed by atoms with van der Waals surface area (Å²) in [5.41, 5.74) is 6.64. The highest BCUT2D eigenvalue weighted by molar-refractivity contribution is 6.04. The minimum atomic E-state index is -0.609. The molecule has 0 saturated heterocycles.